The van der Waals surface area contributed by atoms with Gasteiger partial charge in [0.25, 0.3) is 0 Å². The Kier molecular flexibility index (Phi) is 5.45. The summed E-state index contributed by atoms with van der Waals surface area (Å²) in [5, 5.41) is 13.9. The van der Waals surface area contributed by atoms with E-state index in [1.54, 1.807) is 0 Å². The minimum Gasteiger partial charge on any atom is -0.490 e. The monoisotopic (exact) mass is 443 g/mol. The van der Waals surface area contributed by atoms with Crippen LogP contribution >= 0.6 is 0 Å². The first-order valence-electron chi connectivity index (χ1n) is 12.6. The van der Waals surface area contributed by atoms with Crippen LogP contribution in [-0.4, -0.2) is 39.9 Å². The SMILES string of the molecule is O/N=C1\c2ccccc2C[C@H]1C1C=COC1(c1ccncc1)C1CCN(C2CCCC2)CC1. The Morgan fingerprint density at radius 3 is 2.52 bits per heavy atom. The first kappa shape index (κ1) is 20.9. The number of benzene rings is 1. The van der Waals surface area contributed by atoms with Crippen LogP contribution in [0.1, 0.15) is 55.2 Å². The van der Waals surface area contributed by atoms with Crippen LogP contribution in [0.15, 0.2) is 66.3 Å². The summed E-state index contributed by atoms with van der Waals surface area (Å²) >= 11 is 0. The summed E-state index contributed by atoms with van der Waals surface area (Å²) in [4.78, 5) is 7.02. The van der Waals surface area contributed by atoms with Gasteiger partial charge in [-0.1, -0.05) is 42.3 Å². The van der Waals surface area contributed by atoms with E-state index in [0.717, 1.165) is 49.7 Å². The molecule has 2 aromatic rings. The highest BCUT2D eigenvalue weighted by atomic mass is 16.5. The Bertz CT molecular complexity index is 1040. The molecule has 0 bridgehead atoms. The highest BCUT2D eigenvalue weighted by molar-refractivity contribution is 6.06. The molecule has 0 spiro atoms. The summed E-state index contributed by atoms with van der Waals surface area (Å²) in [5.41, 5.74) is 3.88. The minimum absolute atomic E-state index is 0.0900. The van der Waals surface area contributed by atoms with Crippen LogP contribution in [0.2, 0.25) is 0 Å². The van der Waals surface area contributed by atoms with Gasteiger partial charge in [0, 0.05) is 41.8 Å². The molecule has 5 heteroatoms. The molecule has 1 aromatic heterocycles. The normalized spacial score (nSPS) is 31.8. The third-order valence-corrected chi connectivity index (χ3v) is 8.78. The quantitative estimate of drug-likeness (QED) is 0.525. The van der Waals surface area contributed by atoms with Crippen molar-refractivity contribution < 1.29 is 9.94 Å². The maximum Gasteiger partial charge on any atom is 0.143 e. The Balaban J connectivity index is 1.35. The van der Waals surface area contributed by atoms with Gasteiger partial charge in [-0.2, -0.15) is 0 Å². The van der Waals surface area contributed by atoms with Crippen molar-refractivity contribution in [2.45, 2.75) is 56.6 Å². The number of rotatable bonds is 4. The van der Waals surface area contributed by atoms with Crippen LogP contribution in [0.4, 0.5) is 0 Å². The summed E-state index contributed by atoms with van der Waals surface area (Å²) in [6.45, 7) is 2.29. The zero-order valence-corrected chi connectivity index (χ0v) is 19.1. The van der Waals surface area contributed by atoms with Crippen molar-refractivity contribution in [3.8, 4) is 0 Å². The second kappa shape index (κ2) is 8.60. The lowest BCUT2D eigenvalue weighted by atomic mass is 9.65. The van der Waals surface area contributed by atoms with E-state index in [1.807, 2.05) is 24.7 Å². The number of likely N-dealkylation sites (tertiary alicyclic amines) is 1. The Hall–Kier alpha value is -2.66. The fourth-order valence-corrected chi connectivity index (χ4v) is 7.24. The van der Waals surface area contributed by atoms with Crippen LogP contribution in [-0.2, 0) is 16.8 Å². The van der Waals surface area contributed by atoms with Crippen molar-refractivity contribution in [1.29, 1.82) is 0 Å². The molecule has 5 nitrogen and oxygen atoms in total. The lowest BCUT2D eigenvalue weighted by Crippen LogP contribution is -2.50. The van der Waals surface area contributed by atoms with E-state index >= 15 is 0 Å². The standard InChI is InChI=1S/C28H33N3O2/c32-30-27-24-8-4-1-5-20(24)19-25(27)26-13-18-33-28(26,21-9-14-29-15-10-21)22-11-16-31(17-12-22)23-6-2-3-7-23/h1,4-5,8-10,13-15,18,22-23,25-26,32H,2-3,6-7,11-12,16-17,19H2/b30-27+/t25-,26?,28?/m0/s1. The Morgan fingerprint density at radius 1 is 1.00 bits per heavy atom. The molecular weight excluding hydrogens is 410 g/mol. The molecule has 3 heterocycles. The van der Waals surface area contributed by atoms with Gasteiger partial charge in [-0.3, -0.25) is 4.98 Å². The summed E-state index contributed by atoms with van der Waals surface area (Å²) < 4.78 is 6.68. The highest BCUT2D eigenvalue weighted by Gasteiger charge is 2.55. The fourth-order valence-electron chi connectivity index (χ4n) is 7.24. The van der Waals surface area contributed by atoms with Gasteiger partial charge >= 0.3 is 0 Å². The maximum atomic E-state index is 10.1. The molecule has 172 valence electrons. The fraction of sp³-hybridized carbons (Fsp3) is 0.500. The van der Waals surface area contributed by atoms with Crippen molar-refractivity contribution in [2.75, 3.05) is 13.1 Å². The Morgan fingerprint density at radius 2 is 1.76 bits per heavy atom. The first-order chi connectivity index (χ1) is 16.3. The average Bonchev–Trinajstić information content (AvgIpc) is 3.63. The van der Waals surface area contributed by atoms with Gasteiger partial charge in [-0.05, 0) is 74.5 Å². The summed E-state index contributed by atoms with van der Waals surface area (Å²) in [6, 6.07) is 13.4. The zero-order chi connectivity index (χ0) is 22.3. The number of oxime groups is 1. The van der Waals surface area contributed by atoms with E-state index in [1.165, 1.54) is 36.8 Å². The van der Waals surface area contributed by atoms with Crippen molar-refractivity contribution in [2.24, 2.45) is 22.9 Å². The summed E-state index contributed by atoms with van der Waals surface area (Å²) in [7, 11) is 0. The number of aromatic nitrogens is 1. The number of fused-ring (bicyclic) bond motifs is 1. The molecule has 2 fully saturated rings. The molecule has 0 amide bonds. The molecule has 0 radical (unpaired) electrons. The van der Waals surface area contributed by atoms with E-state index in [0.29, 0.717) is 5.92 Å². The van der Waals surface area contributed by atoms with Gasteiger partial charge in [-0.25, -0.2) is 0 Å². The van der Waals surface area contributed by atoms with E-state index in [-0.39, 0.29) is 11.8 Å². The number of piperidine rings is 1. The topological polar surface area (TPSA) is 58.0 Å². The molecule has 2 aliphatic carbocycles. The second-order valence-electron chi connectivity index (χ2n) is 10.2. The van der Waals surface area contributed by atoms with E-state index in [2.05, 4.69) is 51.4 Å². The molecule has 1 N–H and O–H groups in total. The van der Waals surface area contributed by atoms with Crippen molar-refractivity contribution in [1.82, 2.24) is 9.88 Å². The van der Waals surface area contributed by atoms with Crippen LogP contribution in [0.3, 0.4) is 0 Å². The summed E-state index contributed by atoms with van der Waals surface area (Å²) in [5.74, 6) is 0.606. The van der Waals surface area contributed by atoms with Crippen molar-refractivity contribution in [3.05, 3.63) is 77.8 Å². The van der Waals surface area contributed by atoms with E-state index < -0.39 is 5.60 Å². The van der Waals surface area contributed by atoms with Crippen molar-refractivity contribution in [3.63, 3.8) is 0 Å². The molecule has 1 saturated heterocycles. The molecule has 33 heavy (non-hydrogen) atoms. The first-order valence-corrected chi connectivity index (χ1v) is 12.6. The average molecular weight is 444 g/mol. The summed E-state index contributed by atoms with van der Waals surface area (Å²) in [6.07, 6.45) is 16.5. The number of hydrogen-bond donors (Lipinski definition) is 1. The predicted molar refractivity (Wildman–Crippen MR) is 128 cm³/mol. The van der Waals surface area contributed by atoms with Crippen LogP contribution < -0.4 is 0 Å². The zero-order valence-electron chi connectivity index (χ0n) is 19.1. The van der Waals surface area contributed by atoms with Gasteiger partial charge in [-0.15, -0.1) is 0 Å². The van der Waals surface area contributed by atoms with Crippen molar-refractivity contribution >= 4 is 5.71 Å². The molecule has 1 saturated carbocycles. The molecule has 2 unspecified atom stereocenters. The van der Waals surface area contributed by atoms with Gasteiger partial charge < -0.3 is 14.8 Å². The highest BCUT2D eigenvalue weighted by Crippen LogP contribution is 2.54. The number of nitrogens with zero attached hydrogens (tertiary/aromatic N) is 3. The second-order valence-corrected chi connectivity index (χ2v) is 10.2. The molecule has 6 rings (SSSR count). The van der Waals surface area contributed by atoms with Gasteiger partial charge in [0.15, 0.2) is 0 Å². The predicted octanol–water partition coefficient (Wildman–Crippen LogP) is 5.14. The maximum absolute atomic E-state index is 10.1. The van der Waals surface area contributed by atoms with E-state index in [9.17, 15) is 5.21 Å². The van der Waals surface area contributed by atoms with Crippen LogP contribution in [0.25, 0.3) is 0 Å². The molecule has 3 atom stereocenters. The molecular formula is C28H33N3O2. The largest absolute Gasteiger partial charge is 0.490 e. The van der Waals surface area contributed by atoms with Gasteiger partial charge in [0.05, 0.1) is 12.0 Å². The third kappa shape index (κ3) is 3.40. The van der Waals surface area contributed by atoms with Gasteiger partial charge in [0.2, 0.25) is 0 Å². The Labute approximate surface area is 196 Å². The lowest BCUT2D eigenvalue weighted by Gasteiger charge is -2.47. The van der Waals surface area contributed by atoms with Crippen LogP contribution in [0.5, 0.6) is 0 Å². The third-order valence-electron chi connectivity index (χ3n) is 8.78. The molecule has 2 aliphatic heterocycles. The van der Waals surface area contributed by atoms with E-state index in [4.69, 9.17) is 4.74 Å². The lowest BCUT2D eigenvalue weighted by molar-refractivity contribution is -0.0821. The molecule has 1 aromatic carbocycles. The minimum atomic E-state index is -0.451. The smallest absolute Gasteiger partial charge is 0.143 e. The number of pyridine rings is 1. The van der Waals surface area contributed by atoms with Gasteiger partial charge in [0.1, 0.15) is 5.60 Å². The van der Waals surface area contributed by atoms with Crippen LogP contribution in [0, 0.1) is 17.8 Å². The molecule has 4 aliphatic rings. The number of hydrogen-bond acceptors (Lipinski definition) is 5. The number of ether oxygens (including phenoxy) is 1.